The van der Waals surface area contributed by atoms with Gasteiger partial charge in [-0.15, -0.1) is 0 Å². The topological polar surface area (TPSA) is 186 Å². The maximum Gasteiger partial charge on any atom is 0.311 e. The standard InChI is InChI=1S/C29H32IN3O4.C29H31N3O4/c1-36-29(35)27-22-14-26(37-16-19-6-2-4-8-23(19)30)28-21(20-7-3-5-9-24(20)32-28)12-13-33(17-31)15-18(22)10-11-25(27)34;1-35-29(34)27-22-14-26-28-21(12-13-31(17-30)15-18(22)10-11-25(27)33)20-7-3-5-9-24(20)32(28)23-8-4-2-6-19(23)16-36-26/h2-9,18,22,25-27,32,34H,10-16H2,1H3;2-9,18,22,25-27,33H,10-16H2,1H3/t2*18-,22-,25-,26+,27+/m00/s1. The molecule has 2 aliphatic carbocycles. The molecule has 0 spiro atoms. The third kappa shape index (κ3) is 10.1. The number of carbonyl (C=O) groups excluding carboxylic acids is 2. The molecule has 14 nitrogen and oxygen atoms in total. The van der Waals surface area contributed by atoms with E-state index >= 15 is 0 Å². The van der Waals surface area contributed by atoms with Crippen molar-refractivity contribution in [2.45, 2.75) is 89.0 Å². The molecule has 3 aliphatic heterocycles. The molecule has 15 heteroatoms. The summed E-state index contributed by atoms with van der Waals surface area (Å²) in [5.41, 5.74) is 9.92. The fourth-order valence-electron chi connectivity index (χ4n) is 13.0. The maximum atomic E-state index is 12.9. The number of methoxy groups -OCH3 is 2. The number of carbonyl (C=O) groups is 2. The van der Waals surface area contributed by atoms with E-state index in [2.05, 4.69) is 111 Å². The van der Waals surface area contributed by atoms with Crippen molar-refractivity contribution in [3.8, 4) is 18.1 Å². The van der Waals surface area contributed by atoms with Crippen molar-refractivity contribution in [1.29, 1.82) is 10.5 Å². The van der Waals surface area contributed by atoms with E-state index in [1.807, 2.05) is 40.1 Å². The van der Waals surface area contributed by atoms with Crippen LogP contribution in [0, 0.1) is 62.0 Å². The van der Waals surface area contributed by atoms with E-state index in [-0.39, 0.29) is 41.8 Å². The molecule has 0 unspecified atom stereocenters. The molecule has 3 N–H and O–H groups in total. The van der Waals surface area contributed by atoms with Crippen LogP contribution >= 0.6 is 22.6 Å². The predicted molar refractivity (Wildman–Crippen MR) is 282 cm³/mol. The Morgan fingerprint density at radius 1 is 0.740 bits per heavy atom. The van der Waals surface area contributed by atoms with Gasteiger partial charge in [-0.2, -0.15) is 10.5 Å². The average molecular weight is 1100 g/mol. The maximum absolute atomic E-state index is 12.9. The lowest BCUT2D eigenvalue weighted by Gasteiger charge is -2.42. The first-order valence-corrected chi connectivity index (χ1v) is 26.8. The van der Waals surface area contributed by atoms with Gasteiger partial charge in [0, 0.05) is 57.3 Å². The quantitative estimate of drug-likeness (QED) is 0.0847. The summed E-state index contributed by atoms with van der Waals surface area (Å²) in [5.74, 6) is -2.26. The minimum absolute atomic E-state index is 0.0704. The second-order valence-corrected chi connectivity index (χ2v) is 21.6. The third-order valence-corrected chi connectivity index (χ3v) is 17.6. The zero-order valence-electron chi connectivity index (χ0n) is 41.4. The lowest BCUT2D eigenvalue weighted by Crippen LogP contribution is -2.47. The Labute approximate surface area is 439 Å². The number of hydrogen-bond acceptors (Lipinski definition) is 12. The van der Waals surface area contributed by atoms with Crippen LogP contribution in [0.1, 0.15) is 84.4 Å². The Balaban J connectivity index is 0.000000168. The van der Waals surface area contributed by atoms with E-state index in [0.717, 1.165) is 79.4 Å². The number of aliphatic hydroxyl groups is 2. The molecule has 2 aromatic heterocycles. The summed E-state index contributed by atoms with van der Waals surface area (Å²) in [4.78, 5) is 33.1. The van der Waals surface area contributed by atoms with Crippen LogP contribution in [0.25, 0.3) is 27.5 Å². The van der Waals surface area contributed by atoms with E-state index in [1.165, 1.54) is 25.2 Å². The lowest BCUT2D eigenvalue weighted by atomic mass is 9.67. The first-order valence-electron chi connectivity index (χ1n) is 25.7. The first kappa shape index (κ1) is 50.6. The van der Waals surface area contributed by atoms with Crippen LogP contribution in [-0.4, -0.2) is 94.1 Å². The number of hydrogen-bond donors (Lipinski definition) is 3. The Morgan fingerprint density at radius 3 is 2.00 bits per heavy atom. The fourth-order valence-corrected chi connectivity index (χ4v) is 13.6. The number of para-hydroxylation sites is 3. The summed E-state index contributed by atoms with van der Waals surface area (Å²) in [6.07, 6.45) is 7.81. The molecule has 0 saturated heterocycles. The molecular formula is C58H63IN6O8. The zero-order valence-corrected chi connectivity index (χ0v) is 43.5. The number of rotatable bonds is 5. The second kappa shape index (κ2) is 22.3. The van der Waals surface area contributed by atoms with Gasteiger partial charge in [0.2, 0.25) is 0 Å². The number of aromatic amines is 1. The van der Waals surface area contributed by atoms with Crippen LogP contribution < -0.4 is 0 Å². The number of ether oxygens (including phenoxy) is 4. The highest BCUT2D eigenvalue weighted by molar-refractivity contribution is 14.1. The molecule has 2 saturated carbocycles. The van der Waals surface area contributed by atoms with E-state index in [0.29, 0.717) is 65.1 Å². The number of aromatic nitrogens is 2. The summed E-state index contributed by atoms with van der Waals surface area (Å²) in [6, 6.07) is 33.1. The number of fused-ring (bicyclic) bond motifs is 10. The highest BCUT2D eigenvalue weighted by atomic mass is 127. The molecule has 4 aromatic carbocycles. The predicted octanol–water partition coefficient (Wildman–Crippen LogP) is 9.04. The molecule has 5 heterocycles. The Bertz CT molecular complexity index is 3050. The van der Waals surface area contributed by atoms with Gasteiger partial charge in [0.05, 0.1) is 80.6 Å². The molecule has 11 rings (SSSR count). The highest BCUT2D eigenvalue weighted by Crippen LogP contribution is 2.48. The monoisotopic (exact) mass is 1100 g/mol. The van der Waals surface area contributed by atoms with Gasteiger partial charge in [0.25, 0.3) is 0 Å². The van der Waals surface area contributed by atoms with Gasteiger partial charge in [-0.25, -0.2) is 0 Å². The van der Waals surface area contributed by atoms with Crippen molar-refractivity contribution in [1.82, 2.24) is 19.4 Å². The lowest BCUT2D eigenvalue weighted by molar-refractivity contribution is -0.159. The number of nitrogens with one attached hydrogen (secondary N) is 1. The second-order valence-electron chi connectivity index (χ2n) is 20.4. The number of H-pyrrole nitrogens is 1. The minimum Gasteiger partial charge on any atom is -0.469 e. The zero-order chi connectivity index (χ0) is 50.8. The number of nitriles is 2. The van der Waals surface area contributed by atoms with Crippen LogP contribution in [-0.2, 0) is 54.6 Å². The van der Waals surface area contributed by atoms with Crippen LogP contribution in [0.5, 0.6) is 0 Å². The Hall–Kier alpha value is -5.95. The van der Waals surface area contributed by atoms with Crippen LogP contribution in [0.4, 0.5) is 0 Å². The summed E-state index contributed by atoms with van der Waals surface area (Å²) in [5, 5.41) is 44.1. The molecule has 0 radical (unpaired) electrons. The summed E-state index contributed by atoms with van der Waals surface area (Å²) in [7, 11) is 2.76. The van der Waals surface area contributed by atoms with Gasteiger partial charge in [-0.3, -0.25) is 9.59 Å². The Morgan fingerprint density at radius 2 is 1.33 bits per heavy atom. The van der Waals surface area contributed by atoms with Gasteiger partial charge in [0.15, 0.2) is 12.4 Å². The molecule has 10 atom stereocenters. The van der Waals surface area contributed by atoms with Gasteiger partial charge in [-0.1, -0.05) is 72.8 Å². The number of nitrogens with zero attached hydrogens (tertiary/aromatic N) is 5. The number of aliphatic hydroxyl groups excluding tert-OH is 2. The fraction of sp³-hybridized carbons (Fsp3) is 0.448. The van der Waals surface area contributed by atoms with Gasteiger partial charge in [0.1, 0.15) is 0 Å². The first-order chi connectivity index (χ1) is 35.6. The molecule has 2 fully saturated rings. The third-order valence-electron chi connectivity index (χ3n) is 16.6. The molecule has 0 bridgehead atoms. The van der Waals surface area contributed by atoms with Gasteiger partial charge >= 0.3 is 11.9 Å². The van der Waals surface area contributed by atoms with Crippen molar-refractivity contribution in [2.75, 3.05) is 40.4 Å². The normalized spacial score (nSPS) is 26.9. The van der Waals surface area contributed by atoms with Crippen molar-refractivity contribution in [3.63, 3.8) is 0 Å². The molecule has 5 aliphatic rings. The molecule has 380 valence electrons. The minimum atomic E-state index is -0.773. The smallest absolute Gasteiger partial charge is 0.311 e. The molecule has 73 heavy (non-hydrogen) atoms. The number of esters is 2. The summed E-state index contributed by atoms with van der Waals surface area (Å²) in [6.45, 7) is 3.23. The van der Waals surface area contributed by atoms with E-state index < -0.39 is 30.0 Å². The summed E-state index contributed by atoms with van der Waals surface area (Å²) < 4.78 is 27.1. The average Bonchev–Trinajstić information content (AvgIpc) is 3.90. The number of halogens is 1. The van der Waals surface area contributed by atoms with Gasteiger partial charge in [-0.05, 0) is 139 Å². The van der Waals surface area contributed by atoms with Crippen molar-refractivity contribution >= 4 is 56.3 Å². The Kier molecular flexibility index (Phi) is 15.4. The van der Waals surface area contributed by atoms with Gasteiger partial charge < -0.3 is 48.5 Å². The van der Waals surface area contributed by atoms with Crippen LogP contribution in [0.2, 0.25) is 0 Å². The van der Waals surface area contributed by atoms with Crippen LogP contribution in [0.15, 0.2) is 97.1 Å². The van der Waals surface area contributed by atoms with Crippen molar-refractivity contribution in [2.24, 2.45) is 35.5 Å². The molecule has 6 aromatic rings. The van der Waals surface area contributed by atoms with E-state index in [1.54, 1.807) is 0 Å². The van der Waals surface area contributed by atoms with E-state index in [9.17, 15) is 30.3 Å². The molecule has 0 amide bonds. The number of benzene rings is 4. The van der Waals surface area contributed by atoms with Crippen molar-refractivity contribution in [3.05, 3.63) is 134 Å². The SMILES string of the molecule is COC(=O)[C@@H]1[C@H]2C[C@@H](OCc3ccccc3I)c3[nH]c4ccccc4c3CCN(C#N)C[C@@H]2CC[C@@H]1O.COC(=O)[C@@H]1[C@H]2C[C@H]3OCc4ccccc4-n4c3c(c3ccccc34)CCN(C#N)C[C@@H]2CC[C@@H]1O. The van der Waals surface area contributed by atoms with E-state index in [4.69, 9.17) is 18.9 Å². The summed E-state index contributed by atoms with van der Waals surface area (Å²) >= 11 is 2.33. The van der Waals surface area contributed by atoms with Crippen molar-refractivity contribution < 1.29 is 38.7 Å². The molecular weight excluding hydrogens is 1040 g/mol. The largest absolute Gasteiger partial charge is 0.469 e. The van der Waals surface area contributed by atoms with Crippen LogP contribution in [0.3, 0.4) is 0 Å². The highest BCUT2D eigenvalue weighted by Gasteiger charge is 2.48.